The molecular formula is C17H25N5OS. The fraction of sp³-hybridized carbons (Fsp3) is 0.471. The summed E-state index contributed by atoms with van der Waals surface area (Å²) in [4.78, 5) is 21.3. The van der Waals surface area contributed by atoms with Crippen LogP contribution in [0.5, 0.6) is 0 Å². The second kappa shape index (κ2) is 8.73. The molecule has 24 heavy (non-hydrogen) atoms. The molecule has 130 valence electrons. The minimum Gasteiger partial charge on any atom is -0.353 e. The number of anilines is 1. The molecule has 0 fully saturated rings. The molecule has 1 atom stereocenters. The first-order valence-electron chi connectivity index (χ1n) is 7.95. The van der Waals surface area contributed by atoms with Crippen LogP contribution < -0.4 is 10.6 Å². The summed E-state index contributed by atoms with van der Waals surface area (Å²) in [5, 5.41) is 6.18. The van der Waals surface area contributed by atoms with Gasteiger partial charge in [-0.3, -0.25) is 4.79 Å². The fourth-order valence-electron chi connectivity index (χ4n) is 2.43. The van der Waals surface area contributed by atoms with Crippen LogP contribution in [0.3, 0.4) is 0 Å². The summed E-state index contributed by atoms with van der Waals surface area (Å²) in [6, 6.07) is 5.53. The van der Waals surface area contributed by atoms with E-state index in [-0.39, 0.29) is 11.9 Å². The molecule has 2 N–H and O–H groups in total. The summed E-state index contributed by atoms with van der Waals surface area (Å²) in [7, 11) is 1.97. The Hall–Kier alpha value is -2.02. The quantitative estimate of drug-likeness (QED) is 0.766. The standard InChI is InChI=1S/C17H25N5OS/c1-12-10-13(2)20-17(19-12)21-15(7-9-24-4)16(23)18-11-14-6-5-8-22(14)3/h5-6,8,10,15H,7,9,11H2,1-4H3,(H,18,23)(H,19,20,21). The van der Waals surface area contributed by atoms with E-state index in [0.29, 0.717) is 12.5 Å². The summed E-state index contributed by atoms with van der Waals surface area (Å²) in [5.41, 5.74) is 2.84. The van der Waals surface area contributed by atoms with Crippen molar-refractivity contribution in [1.29, 1.82) is 0 Å². The van der Waals surface area contributed by atoms with E-state index >= 15 is 0 Å². The molecule has 0 saturated carbocycles. The zero-order chi connectivity index (χ0) is 17.5. The summed E-state index contributed by atoms with van der Waals surface area (Å²) in [6.07, 6.45) is 4.72. The van der Waals surface area contributed by atoms with E-state index in [1.54, 1.807) is 11.8 Å². The Morgan fingerprint density at radius 3 is 2.62 bits per heavy atom. The third kappa shape index (κ3) is 5.26. The van der Waals surface area contributed by atoms with Gasteiger partial charge in [0.1, 0.15) is 6.04 Å². The number of aromatic nitrogens is 3. The van der Waals surface area contributed by atoms with Crippen LogP contribution in [0.4, 0.5) is 5.95 Å². The Bertz CT molecular complexity index is 665. The van der Waals surface area contributed by atoms with Gasteiger partial charge in [0.05, 0.1) is 6.54 Å². The maximum Gasteiger partial charge on any atom is 0.242 e. The number of hydrogen-bond donors (Lipinski definition) is 2. The number of nitrogens with zero attached hydrogens (tertiary/aromatic N) is 3. The monoisotopic (exact) mass is 347 g/mol. The van der Waals surface area contributed by atoms with Crippen molar-refractivity contribution in [3.8, 4) is 0 Å². The molecule has 2 aromatic heterocycles. The minimum atomic E-state index is -0.348. The first-order valence-corrected chi connectivity index (χ1v) is 9.34. The first kappa shape index (κ1) is 18.3. The van der Waals surface area contributed by atoms with E-state index < -0.39 is 0 Å². The highest BCUT2D eigenvalue weighted by Gasteiger charge is 2.19. The molecule has 1 amide bonds. The highest BCUT2D eigenvalue weighted by Crippen LogP contribution is 2.10. The lowest BCUT2D eigenvalue weighted by Gasteiger charge is -2.18. The molecule has 0 aliphatic heterocycles. The number of amides is 1. The van der Waals surface area contributed by atoms with E-state index in [9.17, 15) is 4.79 Å². The van der Waals surface area contributed by atoms with Crippen LogP contribution >= 0.6 is 11.8 Å². The number of rotatable bonds is 8. The van der Waals surface area contributed by atoms with E-state index in [1.807, 2.05) is 56.1 Å². The van der Waals surface area contributed by atoms with Gasteiger partial charge in [-0.1, -0.05) is 0 Å². The van der Waals surface area contributed by atoms with Gasteiger partial charge >= 0.3 is 0 Å². The van der Waals surface area contributed by atoms with E-state index in [1.165, 1.54) is 0 Å². The Labute approximate surface area is 147 Å². The zero-order valence-corrected chi connectivity index (χ0v) is 15.5. The van der Waals surface area contributed by atoms with Gasteiger partial charge in [-0.05, 0) is 50.5 Å². The molecule has 0 spiro atoms. The van der Waals surface area contributed by atoms with Gasteiger partial charge in [-0.2, -0.15) is 11.8 Å². The maximum absolute atomic E-state index is 12.6. The molecule has 2 aromatic rings. The van der Waals surface area contributed by atoms with Crippen molar-refractivity contribution in [3.05, 3.63) is 41.5 Å². The third-order valence-corrected chi connectivity index (χ3v) is 4.35. The van der Waals surface area contributed by atoms with Crippen molar-refractivity contribution in [2.24, 2.45) is 7.05 Å². The first-order chi connectivity index (χ1) is 11.5. The molecule has 0 bridgehead atoms. The van der Waals surface area contributed by atoms with Gasteiger partial charge in [0, 0.05) is 30.3 Å². The van der Waals surface area contributed by atoms with Crippen LogP contribution in [0, 0.1) is 13.8 Å². The average Bonchev–Trinajstić information content (AvgIpc) is 2.93. The molecule has 6 nitrogen and oxygen atoms in total. The van der Waals surface area contributed by atoms with Gasteiger partial charge in [0.25, 0.3) is 0 Å². The number of nitrogens with one attached hydrogen (secondary N) is 2. The number of hydrogen-bond acceptors (Lipinski definition) is 5. The predicted molar refractivity (Wildman–Crippen MR) is 99.2 cm³/mol. The predicted octanol–water partition coefficient (Wildman–Crippen LogP) is 2.28. The Morgan fingerprint density at radius 1 is 1.33 bits per heavy atom. The van der Waals surface area contributed by atoms with Crippen molar-refractivity contribution < 1.29 is 4.79 Å². The van der Waals surface area contributed by atoms with Crippen molar-refractivity contribution in [1.82, 2.24) is 19.9 Å². The second-order valence-electron chi connectivity index (χ2n) is 5.78. The van der Waals surface area contributed by atoms with Crippen LogP contribution in [-0.2, 0) is 18.4 Å². The normalized spacial score (nSPS) is 12.0. The molecule has 0 aliphatic carbocycles. The van der Waals surface area contributed by atoms with Crippen LogP contribution in [0.15, 0.2) is 24.4 Å². The maximum atomic E-state index is 12.6. The summed E-state index contributed by atoms with van der Waals surface area (Å²) in [6.45, 7) is 4.35. The SMILES string of the molecule is CSCCC(Nc1nc(C)cc(C)n1)C(=O)NCc1cccn1C. The third-order valence-electron chi connectivity index (χ3n) is 3.71. The molecule has 0 saturated heterocycles. The molecule has 2 rings (SSSR count). The zero-order valence-electron chi connectivity index (χ0n) is 14.7. The number of carbonyl (C=O) groups is 1. The van der Waals surface area contributed by atoms with Crippen molar-refractivity contribution >= 4 is 23.6 Å². The Balaban J connectivity index is 2.03. The molecule has 0 aromatic carbocycles. The Morgan fingerprint density at radius 2 is 2.04 bits per heavy atom. The van der Waals surface area contributed by atoms with Crippen LogP contribution in [-0.4, -0.2) is 38.5 Å². The average molecular weight is 347 g/mol. The van der Waals surface area contributed by atoms with Crippen molar-refractivity contribution in [2.45, 2.75) is 32.9 Å². The summed E-state index contributed by atoms with van der Waals surface area (Å²) in [5.74, 6) is 1.36. The van der Waals surface area contributed by atoms with Crippen LogP contribution in [0.2, 0.25) is 0 Å². The van der Waals surface area contributed by atoms with Gasteiger partial charge in [-0.15, -0.1) is 0 Å². The lowest BCUT2D eigenvalue weighted by Crippen LogP contribution is -2.40. The lowest BCUT2D eigenvalue weighted by atomic mass is 10.2. The van der Waals surface area contributed by atoms with Gasteiger partial charge in [0.15, 0.2) is 0 Å². The van der Waals surface area contributed by atoms with E-state index in [4.69, 9.17) is 0 Å². The lowest BCUT2D eigenvalue weighted by molar-refractivity contribution is -0.122. The second-order valence-corrected chi connectivity index (χ2v) is 6.77. The van der Waals surface area contributed by atoms with Gasteiger partial charge in [0.2, 0.25) is 11.9 Å². The minimum absolute atomic E-state index is 0.0343. The van der Waals surface area contributed by atoms with Crippen LogP contribution in [0.1, 0.15) is 23.5 Å². The summed E-state index contributed by atoms with van der Waals surface area (Å²) < 4.78 is 2.00. The van der Waals surface area contributed by atoms with Crippen LogP contribution in [0.25, 0.3) is 0 Å². The molecule has 1 unspecified atom stereocenters. The largest absolute Gasteiger partial charge is 0.353 e. The van der Waals surface area contributed by atoms with Crippen molar-refractivity contribution in [3.63, 3.8) is 0 Å². The highest BCUT2D eigenvalue weighted by atomic mass is 32.2. The molecule has 2 heterocycles. The van der Waals surface area contributed by atoms with E-state index in [2.05, 4.69) is 20.6 Å². The molecular weight excluding hydrogens is 322 g/mol. The van der Waals surface area contributed by atoms with E-state index in [0.717, 1.165) is 29.3 Å². The highest BCUT2D eigenvalue weighted by molar-refractivity contribution is 7.98. The number of aryl methyl sites for hydroxylation is 3. The number of carbonyl (C=O) groups excluding carboxylic acids is 1. The van der Waals surface area contributed by atoms with Gasteiger partial charge < -0.3 is 15.2 Å². The Kier molecular flexibility index (Phi) is 6.66. The van der Waals surface area contributed by atoms with Crippen molar-refractivity contribution in [2.75, 3.05) is 17.3 Å². The topological polar surface area (TPSA) is 71.8 Å². The summed E-state index contributed by atoms with van der Waals surface area (Å²) >= 11 is 1.72. The van der Waals surface area contributed by atoms with Gasteiger partial charge in [-0.25, -0.2) is 9.97 Å². The molecule has 0 aliphatic rings. The molecule has 7 heteroatoms. The molecule has 0 radical (unpaired) electrons. The fourth-order valence-corrected chi connectivity index (χ4v) is 2.90. The smallest absolute Gasteiger partial charge is 0.242 e. The number of thioether (sulfide) groups is 1.